The third-order valence-corrected chi connectivity index (χ3v) is 5.70. The number of benzene rings is 2. The molecule has 0 saturated carbocycles. The minimum absolute atomic E-state index is 0.0484. The number of nitrogens with one attached hydrogen (secondary N) is 2. The van der Waals surface area contributed by atoms with Crippen molar-refractivity contribution >= 4 is 27.8 Å². The van der Waals surface area contributed by atoms with Crippen LogP contribution in [0.25, 0.3) is 11.3 Å². The van der Waals surface area contributed by atoms with Crippen LogP contribution >= 0.6 is 11.6 Å². The first kappa shape index (κ1) is 20.1. The second kappa shape index (κ2) is 7.77. The molecule has 0 unspecified atom stereocenters. The average molecular weight is 417 g/mol. The van der Waals surface area contributed by atoms with Crippen molar-refractivity contribution in [3.05, 3.63) is 70.9 Å². The Hall–Kier alpha value is -2.64. The van der Waals surface area contributed by atoms with Gasteiger partial charge in [0, 0.05) is 16.1 Å². The molecular weight excluding hydrogens is 396 g/mol. The van der Waals surface area contributed by atoms with Gasteiger partial charge < -0.3 is 0 Å². The minimum atomic E-state index is -3.75. The SMILES string of the molecule is CC(C)(C)c1ccc(S(=O)(=O)N/N=C/c2cn[nH]c2-c2ccc(Cl)cc2)cc1. The minimum Gasteiger partial charge on any atom is -0.277 e. The van der Waals surface area contributed by atoms with E-state index in [1.807, 2.05) is 24.3 Å². The lowest BCUT2D eigenvalue weighted by atomic mass is 9.87. The molecule has 0 atom stereocenters. The van der Waals surface area contributed by atoms with Crippen LogP contribution < -0.4 is 4.83 Å². The van der Waals surface area contributed by atoms with Crippen LogP contribution in [0.15, 0.2) is 64.7 Å². The number of rotatable bonds is 5. The maximum Gasteiger partial charge on any atom is 0.276 e. The van der Waals surface area contributed by atoms with Crippen molar-refractivity contribution in [3.63, 3.8) is 0 Å². The summed E-state index contributed by atoms with van der Waals surface area (Å²) >= 11 is 5.91. The van der Waals surface area contributed by atoms with Gasteiger partial charge in [0.1, 0.15) is 0 Å². The summed E-state index contributed by atoms with van der Waals surface area (Å²) < 4.78 is 24.9. The van der Waals surface area contributed by atoms with Crippen LogP contribution in [0.5, 0.6) is 0 Å². The van der Waals surface area contributed by atoms with Gasteiger partial charge in [-0.05, 0) is 35.2 Å². The summed E-state index contributed by atoms with van der Waals surface area (Å²) in [5.41, 5.74) is 3.24. The number of aromatic amines is 1. The summed E-state index contributed by atoms with van der Waals surface area (Å²) in [5, 5.41) is 11.4. The zero-order valence-corrected chi connectivity index (χ0v) is 17.3. The molecule has 8 heteroatoms. The molecule has 0 aliphatic heterocycles. The van der Waals surface area contributed by atoms with E-state index in [0.717, 1.165) is 11.1 Å². The molecule has 1 aromatic heterocycles. The van der Waals surface area contributed by atoms with Crippen LogP contribution in [0.3, 0.4) is 0 Å². The molecule has 0 fully saturated rings. The van der Waals surface area contributed by atoms with Crippen LogP contribution in [0.1, 0.15) is 31.9 Å². The largest absolute Gasteiger partial charge is 0.277 e. The van der Waals surface area contributed by atoms with E-state index in [1.54, 1.807) is 30.5 Å². The van der Waals surface area contributed by atoms with Gasteiger partial charge in [0.15, 0.2) is 0 Å². The summed E-state index contributed by atoms with van der Waals surface area (Å²) in [7, 11) is -3.75. The van der Waals surface area contributed by atoms with Gasteiger partial charge in [-0.15, -0.1) is 0 Å². The van der Waals surface area contributed by atoms with E-state index in [0.29, 0.717) is 16.3 Å². The summed E-state index contributed by atoms with van der Waals surface area (Å²) in [6.07, 6.45) is 2.98. The van der Waals surface area contributed by atoms with Crippen LogP contribution in [0.4, 0.5) is 0 Å². The first-order chi connectivity index (χ1) is 13.2. The van der Waals surface area contributed by atoms with Gasteiger partial charge in [-0.2, -0.15) is 18.6 Å². The highest BCUT2D eigenvalue weighted by Crippen LogP contribution is 2.24. The van der Waals surface area contributed by atoms with Crippen molar-refractivity contribution in [2.45, 2.75) is 31.1 Å². The Bertz CT molecular complexity index is 1080. The van der Waals surface area contributed by atoms with Crippen molar-refractivity contribution < 1.29 is 8.42 Å². The third-order valence-electron chi connectivity index (χ3n) is 4.21. The van der Waals surface area contributed by atoms with E-state index in [4.69, 9.17) is 11.6 Å². The molecule has 3 aromatic rings. The van der Waals surface area contributed by atoms with Crippen molar-refractivity contribution in [1.82, 2.24) is 15.0 Å². The molecule has 0 spiro atoms. The molecule has 2 N–H and O–H groups in total. The monoisotopic (exact) mass is 416 g/mol. The van der Waals surface area contributed by atoms with Crippen molar-refractivity contribution in [2.24, 2.45) is 5.10 Å². The highest BCUT2D eigenvalue weighted by molar-refractivity contribution is 7.89. The first-order valence-corrected chi connectivity index (χ1v) is 10.5. The molecule has 146 valence electrons. The summed E-state index contributed by atoms with van der Waals surface area (Å²) in [5.74, 6) is 0. The first-order valence-electron chi connectivity index (χ1n) is 8.61. The number of halogens is 1. The molecule has 1 heterocycles. The Balaban J connectivity index is 1.76. The molecule has 3 rings (SSSR count). The lowest BCUT2D eigenvalue weighted by Gasteiger charge is -2.19. The molecule has 0 radical (unpaired) electrons. The molecule has 0 aliphatic rings. The normalized spacial score (nSPS) is 12.4. The number of aromatic nitrogens is 2. The molecular formula is C20H21ClN4O2S. The van der Waals surface area contributed by atoms with Gasteiger partial charge in [-0.3, -0.25) is 5.10 Å². The van der Waals surface area contributed by atoms with Crippen LogP contribution in [0.2, 0.25) is 5.02 Å². The third kappa shape index (κ3) is 4.61. The van der Waals surface area contributed by atoms with Gasteiger partial charge in [-0.25, -0.2) is 4.83 Å². The summed E-state index contributed by atoms with van der Waals surface area (Å²) in [6, 6.07) is 14.0. The molecule has 0 saturated heterocycles. The van der Waals surface area contributed by atoms with E-state index in [9.17, 15) is 8.42 Å². The number of hydrogen-bond acceptors (Lipinski definition) is 4. The van der Waals surface area contributed by atoms with Crippen molar-refractivity contribution in [2.75, 3.05) is 0 Å². The smallest absolute Gasteiger partial charge is 0.276 e. The lowest BCUT2D eigenvalue weighted by molar-refractivity contribution is 0.580. The fourth-order valence-electron chi connectivity index (χ4n) is 2.59. The standard InChI is InChI=1S/C20H21ClN4O2S/c1-20(2,3)16-6-10-18(11-7-16)28(26,27)25-23-13-15-12-22-24-19(15)14-4-8-17(21)9-5-14/h4-13,25H,1-3H3,(H,22,24)/b23-13+. The Morgan fingerprint density at radius 1 is 1.07 bits per heavy atom. The highest BCUT2D eigenvalue weighted by Gasteiger charge is 2.17. The number of H-pyrrole nitrogens is 1. The molecule has 28 heavy (non-hydrogen) atoms. The maximum absolute atomic E-state index is 12.5. The predicted molar refractivity (Wildman–Crippen MR) is 112 cm³/mol. The van der Waals surface area contributed by atoms with Crippen molar-refractivity contribution in [1.29, 1.82) is 0 Å². The zero-order chi connectivity index (χ0) is 20.4. The fraction of sp³-hybridized carbons (Fsp3) is 0.200. The molecule has 0 aliphatic carbocycles. The number of hydrogen-bond donors (Lipinski definition) is 2. The summed E-state index contributed by atoms with van der Waals surface area (Å²) in [6.45, 7) is 6.21. The van der Waals surface area contributed by atoms with Crippen LogP contribution in [-0.4, -0.2) is 24.8 Å². The molecule has 6 nitrogen and oxygen atoms in total. The topological polar surface area (TPSA) is 87.2 Å². The Morgan fingerprint density at radius 2 is 1.71 bits per heavy atom. The highest BCUT2D eigenvalue weighted by atomic mass is 35.5. The van der Waals surface area contributed by atoms with E-state index < -0.39 is 10.0 Å². The number of hydrazone groups is 1. The average Bonchev–Trinajstić information content (AvgIpc) is 3.10. The quantitative estimate of drug-likeness (QED) is 0.479. The van der Waals surface area contributed by atoms with Crippen LogP contribution in [-0.2, 0) is 15.4 Å². The van der Waals surface area contributed by atoms with Gasteiger partial charge in [-0.1, -0.05) is 56.6 Å². The Kier molecular flexibility index (Phi) is 5.58. The molecule has 2 aromatic carbocycles. The maximum atomic E-state index is 12.5. The van der Waals surface area contributed by atoms with E-state index in [1.165, 1.54) is 6.21 Å². The molecule has 0 amide bonds. The van der Waals surface area contributed by atoms with Gasteiger partial charge in [0.2, 0.25) is 0 Å². The van der Waals surface area contributed by atoms with E-state index in [2.05, 4.69) is 40.9 Å². The Morgan fingerprint density at radius 3 is 2.32 bits per heavy atom. The van der Waals surface area contributed by atoms with E-state index >= 15 is 0 Å². The zero-order valence-electron chi connectivity index (χ0n) is 15.8. The van der Waals surface area contributed by atoms with E-state index in [-0.39, 0.29) is 10.3 Å². The Labute approximate surface area is 169 Å². The molecule has 0 bridgehead atoms. The number of sulfonamides is 1. The second-order valence-corrected chi connectivity index (χ2v) is 9.43. The fourth-order valence-corrected chi connectivity index (χ4v) is 3.51. The van der Waals surface area contributed by atoms with Gasteiger partial charge in [0.05, 0.1) is 23.0 Å². The second-order valence-electron chi connectivity index (χ2n) is 7.33. The van der Waals surface area contributed by atoms with Gasteiger partial charge >= 0.3 is 0 Å². The summed E-state index contributed by atoms with van der Waals surface area (Å²) in [4.78, 5) is 2.39. The number of nitrogens with zero attached hydrogens (tertiary/aromatic N) is 2. The van der Waals surface area contributed by atoms with Gasteiger partial charge in [0.25, 0.3) is 10.0 Å². The predicted octanol–water partition coefficient (Wildman–Crippen LogP) is 4.34. The van der Waals surface area contributed by atoms with Crippen molar-refractivity contribution in [3.8, 4) is 11.3 Å². The lowest BCUT2D eigenvalue weighted by Crippen LogP contribution is -2.19. The van der Waals surface area contributed by atoms with Crippen LogP contribution in [0, 0.1) is 0 Å².